The number of aryl methyl sites for hydroxylation is 1. The molecular weight excluding hydrogens is 320 g/mol. The second kappa shape index (κ2) is 6.64. The minimum absolute atomic E-state index is 0.280. The summed E-state index contributed by atoms with van der Waals surface area (Å²) in [6.45, 7) is 6.48. The molecule has 2 nitrogen and oxygen atoms in total. The number of nitrogens with zero attached hydrogens (tertiary/aromatic N) is 1. The number of halogens is 1. The number of hydrogen-bond donors (Lipinski definition) is 1. The lowest BCUT2D eigenvalue weighted by atomic mass is 10.0. The Kier molecular flexibility index (Phi) is 5.13. The zero-order valence-corrected chi connectivity index (χ0v) is 13.9. The molecular formula is C15H19BrN2S. The molecule has 1 aromatic heterocycles. The van der Waals surface area contributed by atoms with Gasteiger partial charge in [0.1, 0.15) is 5.01 Å². The maximum Gasteiger partial charge on any atom is 0.109 e. The number of benzene rings is 1. The second-order valence-electron chi connectivity index (χ2n) is 4.71. The van der Waals surface area contributed by atoms with Gasteiger partial charge in [0.05, 0.1) is 6.04 Å². The third kappa shape index (κ3) is 3.88. The summed E-state index contributed by atoms with van der Waals surface area (Å²) in [5, 5.41) is 4.83. The van der Waals surface area contributed by atoms with Crippen LogP contribution in [0.3, 0.4) is 0 Å². The standard InChI is InChI=1S/C15H19BrN2S/c1-4-14(12-6-5-7-13(16)8-12)18-11(3)15-17-9-10(2)19-15/h5-9,11,14,18H,4H2,1-3H3. The van der Waals surface area contributed by atoms with Crippen molar-refractivity contribution in [2.75, 3.05) is 0 Å². The van der Waals surface area contributed by atoms with E-state index in [1.807, 2.05) is 6.20 Å². The van der Waals surface area contributed by atoms with Crippen LogP contribution in [0, 0.1) is 6.92 Å². The van der Waals surface area contributed by atoms with Crippen molar-refractivity contribution in [3.8, 4) is 0 Å². The van der Waals surface area contributed by atoms with Crippen LogP contribution in [0.25, 0.3) is 0 Å². The first kappa shape index (κ1) is 14.7. The summed E-state index contributed by atoms with van der Waals surface area (Å²) < 4.78 is 1.13. The topological polar surface area (TPSA) is 24.9 Å². The van der Waals surface area contributed by atoms with Crippen LogP contribution in [0.4, 0.5) is 0 Å². The highest BCUT2D eigenvalue weighted by Gasteiger charge is 2.16. The van der Waals surface area contributed by atoms with E-state index in [0.717, 1.165) is 15.9 Å². The third-order valence-electron chi connectivity index (χ3n) is 3.12. The van der Waals surface area contributed by atoms with E-state index in [4.69, 9.17) is 0 Å². The minimum Gasteiger partial charge on any atom is -0.301 e. The van der Waals surface area contributed by atoms with Crippen molar-refractivity contribution < 1.29 is 0 Å². The van der Waals surface area contributed by atoms with Crippen molar-refractivity contribution in [2.24, 2.45) is 0 Å². The highest BCUT2D eigenvalue weighted by atomic mass is 79.9. The SMILES string of the molecule is CCC(NC(C)c1ncc(C)s1)c1cccc(Br)c1. The molecule has 1 heterocycles. The molecule has 4 heteroatoms. The molecule has 1 aromatic carbocycles. The Morgan fingerprint density at radius 3 is 2.79 bits per heavy atom. The quantitative estimate of drug-likeness (QED) is 0.828. The molecule has 0 aliphatic heterocycles. The molecule has 0 fully saturated rings. The Hall–Kier alpha value is -0.710. The van der Waals surface area contributed by atoms with E-state index in [1.165, 1.54) is 10.4 Å². The van der Waals surface area contributed by atoms with Crippen LogP contribution >= 0.6 is 27.3 Å². The van der Waals surface area contributed by atoms with Crippen LogP contribution in [-0.4, -0.2) is 4.98 Å². The second-order valence-corrected chi connectivity index (χ2v) is 6.90. The van der Waals surface area contributed by atoms with E-state index in [2.05, 4.69) is 71.3 Å². The van der Waals surface area contributed by atoms with Crippen LogP contribution in [-0.2, 0) is 0 Å². The number of thiazole rings is 1. The molecule has 0 aliphatic carbocycles. The molecule has 1 N–H and O–H groups in total. The van der Waals surface area contributed by atoms with Gasteiger partial charge in [-0.3, -0.25) is 0 Å². The smallest absolute Gasteiger partial charge is 0.109 e. The van der Waals surface area contributed by atoms with E-state index in [0.29, 0.717) is 6.04 Å². The van der Waals surface area contributed by atoms with Gasteiger partial charge in [0.2, 0.25) is 0 Å². The zero-order chi connectivity index (χ0) is 13.8. The molecule has 2 rings (SSSR count). The molecule has 0 radical (unpaired) electrons. The van der Waals surface area contributed by atoms with Gasteiger partial charge >= 0.3 is 0 Å². The molecule has 2 aromatic rings. The third-order valence-corrected chi connectivity index (χ3v) is 4.71. The van der Waals surface area contributed by atoms with Gasteiger partial charge in [-0.05, 0) is 38.0 Å². The van der Waals surface area contributed by atoms with E-state index in [9.17, 15) is 0 Å². The first-order valence-electron chi connectivity index (χ1n) is 6.54. The van der Waals surface area contributed by atoms with Crippen molar-refractivity contribution in [3.05, 3.63) is 50.4 Å². The Morgan fingerprint density at radius 1 is 1.42 bits per heavy atom. The molecule has 0 aliphatic rings. The zero-order valence-electron chi connectivity index (χ0n) is 11.5. The van der Waals surface area contributed by atoms with E-state index in [1.54, 1.807) is 11.3 Å². The van der Waals surface area contributed by atoms with Crippen molar-refractivity contribution in [3.63, 3.8) is 0 Å². The minimum atomic E-state index is 0.280. The molecule has 102 valence electrons. The molecule has 0 saturated carbocycles. The Labute approximate surface area is 127 Å². The first-order chi connectivity index (χ1) is 9.10. The van der Waals surface area contributed by atoms with E-state index >= 15 is 0 Å². The highest BCUT2D eigenvalue weighted by Crippen LogP contribution is 2.26. The van der Waals surface area contributed by atoms with Crippen molar-refractivity contribution in [2.45, 2.75) is 39.3 Å². The maximum atomic E-state index is 4.46. The van der Waals surface area contributed by atoms with E-state index in [-0.39, 0.29) is 6.04 Å². The molecule has 0 saturated heterocycles. The van der Waals surface area contributed by atoms with Crippen molar-refractivity contribution in [1.29, 1.82) is 0 Å². The fraction of sp³-hybridized carbons (Fsp3) is 0.400. The highest BCUT2D eigenvalue weighted by molar-refractivity contribution is 9.10. The molecule has 0 amide bonds. The van der Waals surface area contributed by atoms with Gasteiger partial charge in [-0.25, -0.2) is 4.98 Å². The van der Waals surface area contributed by atoms with Crippen LogP contribution in [0.5, 0.6) is 0 Å². The van der Waals surface area contributed by atoms with Gasteiger partial charge in [0, 0.05) is 21.6 Å². The van der Waals surface area contributed by atoms with E-state index < -0.39 is 0 Å². The predicted molar refractivity (Wildman–Crippen MR) is 85.6 cm³/mol. The van der Waals surface area contributed by atoms with Gasteiger partial charge in [-0.15, -0.1) is 11.3 Å². The molecule has 2 atom stereocenters. The number of rotatable bonds is 5. The number of aromatic nitrogens is 1. The fourth-order valence-electron chi connectivity index (χ4n) is 2.12. The summed E-state index contributed by atoms with van der Waals surface area (Å²) in [4.78, 5) is 5.72. The van der Waals surface area contributed by atoms with Gasteiger partial charge in [-0.2, -0.15) is 0 Å². The largest absolute Gasteiger partial charge is 0.301 e. The van der Waals surface area contributed by atoms with Crippen LogP contribution < -0.4 is 5.32 Å². The average molecular weight is 339 g/mol. The Morgan fingerprint density at radius 2 is 2.21 bits per heavy atom. The van der Waals surface area contributed by atoms with Crippen molar-refractivity contribution >= 4 is 27.3 Å². The summed E-state index contributed by atoms with van der Waals surface area (Å²) in [6, 6.07) is 9.14. The number of hydrogen-bond acceptors (Lipinski definition) is 3. The normalized spacial score (nSPS) is 14.3. The monoisotopic (exact) mass is 338 g/mol. The van der Waals surface area contributed by atoms with Crippen LogP contribution in [0.2, 0.25) is 0 Å². The van der Waals surface area contributed by atoms with Crippen LogP contribution in [0.1, 0.15) is 47.8 Å². The van der Waals surface area contributed by atoms with Gasteiger partial charge < -0.3 is 5.32 Å². The maximum absolute atomic E-state index is 4.46. The molecule has 19 heavy (non-hydrogen) atoms. The van der Waals surface area contributed by atoms with Gasteiger partial charge in [0.15, 0.2) is 0 Å². The molecule has 2 unspecified atom stereocenters. The van der Waals surface area contributed by atoms with Crippen LogP contribution in [0.15, 0.2) is 34.9 Å². The Balaban J connectivity index is 2.11. The lowest BCUT2D eigenvalue weighted by molar-refractivity contribution is 0.455. The lowest BCUT2D eigenvalue weighted by Gasteiger charge is -2.21. The summed E-state index contributed by atoms with van der Waals surface area (Å²) in [5.74, 6) is 0. The summed E-state index contributed by atoms with van der Waals surface area (Å²) >= 11 is 5.30. The molecule has 0 bridgehead atoms. The fourth-order valence-corrected chi connectivity index (χ4v) is 3.32. The summed E-state index contributed by atoms with van der Waals surface area (Å²) in [5.41, 5.74) is 1.32. The first-order valence-corrected chi connectivity index (χ1v) is 8.15. The summed E-state index contributed by atoms with van der Waals surface area (Å²) in [6.07, 6.45) is 3.00. The van der Waals surface area contributed by atoms with Crippen molar-refractivity contribution in [1.82, 2.24) is 10.3 Å². The lowest BCUT2D eigenvalue weighted by Crippen LogP contribution is -2.24. The molecule has 0 spiro atoms. The Bertz CT molecular complexity index is 538. The van der Waals surface area contributed by atoms with Gasteiger partial charge in [0.25, 0.3) is 0 Å². The number of nitrogens with one attached hydrogen (secondary N) is 1. The van der Waals surface area contributed by atoms with Gasteiger partial charge in [-0.1, -0.05) is 35.0 Å². The average Bonchev–Trinajstić information content (AvgIpc) is 2.82. The summed E-state index contributed by atoms with van der Waals surface area (Å²) in [7, 11) is 0. The predicted octanol–water partition coefficient (Wildman–Crippen LogP) is 5.02.